The molecule has 25 heavy (non-hydrogen) atoms. The molecule has 0 amide bonds. The normalized spacial score (nSPS) is 15.4. The highest BCUT2D eigenvalue weighted by atomic mass is 16.5. The molecule has 3 heterocycles. The molecule has 2 aromatic heterocycles. The van der Waals surface area contributed by atoms with Crippen molar-refractivity contribution in [3.8, 4) is 11.6 Å². The Bertz CT molecular complexity index is 834. The third-order valence-corrected chi connectivity index (χ3v) is 3.84. The molecule has 7 heteroatoms. The quantitative estimate of drug-likeness (QED) is 0.685. The highest BCUT2D eigenvalue weighted by Crippen LogP contribution is 2.22. The number of pyridine rings is 1. The van der Waals surface area contributed by atoms with E-state index in [0.717, 1.165) is 42.9 Å². The van der Waals surface area contributed by atoms with Crippen LogP contribution in [0.25, 0.3) is 11.9 Å². The molecule has 1 aliphatic heterocycles. The van der Waals surface area contributed by atoms with E-state index in [2.05, 4.69) is 20.0 Å². The summed E-state index contributed by atoms with van der Waals surface area (Å²) in [4.78, 5) is 17.4. The van der Waals surface area contributed by atoms with Gasteiger partial charge in [-0.15, -0.1) is 0 Å². The van der Waals surface area contributed by atoms with E-state index in [4.69, 9.17) is 10.5 Å². The van der Waals surface area contributed by atoms with Crippen LogP contribution in [-0.4, -0.2) is 39.9 Å². The van der Waals surface area contributed by atoms with Crippen LogP contribution in [0.2, 0.25) is 0 Å². The fourth-order valence-electron chi connectivity index (χ4n) is 2.57. The Morgan fingerprint density at radius 3 is 2.92 bits per heavy atom. The second kappa shape index (κ2) is 7.74. The molecule has 0 fully saturated rings. The number of nitrogens with zero attached hydrogens (tertiary/aromatic N) is 5. The number of aryl methyl sites for hydroxylation is 1. The molecule has 0 unspecified atom stereocenters. The molecule has 0 aromatic carbocycles. The zero-order valence-electron chi connectivity index (χ0n) is 14.5. The van der Waals surface area contributed by atoms with Gasteiger partial charge in [0.1, 0.15) is 18.0 Å². The summed E-state index contributed by atoms with van der Waals surface area (Å²) in [5.41, 5.74) is 7.76. The molecule has 0 saturated carbocycles. The SMILES string of the molecule is COc1cc(/C=C/C(N)=NC2=NCCCC2)cnc1-n1cnc(C)c1. The van der Waals surface area contributed by atoms with Gasteiger partial charge in [-0.25, -0.2) is 15.0 Å². The first-order valence-corrected chi connectivity index (χ1v) is 8.26. The van der Waals surface area contributed by atoms with Gasteiger partial charge < -0.3 is 10.5 Å². The first-order valence-electron chi connectivity index (χ1n) is 8.26. The molecule has 2 N–H and O–H groups in total. The summed E-state index contributed by atoms with van der Waals surface area (Å²) in [7, 11) is 1.62. The van der Waals surface area contributed by atoms with E-state index in [9.17, 15) is 0 Å². The van der Waals surface area contributed by atoms with Gasteiger partial charge >= 0.3 is 0 Å². The highest BCUT2D eigenvalue weighted by Gasteiger charge is 2.08. The van der Waals surface area contributed by atoms with E-state index in [1.807, 2.05) is 29.8 Å². The fourth-order valence-corrected chi connectivity index (χ4v) is 2.57. The molecular weight excluding hydrogens is 316 g/mol. The Hall–Kier alpha value is -2.96. The van der Waals surface area contributed by atoms with Gasteiger partial charge in [0, 0.05) is 25.4 Å². The Labute approximate surface area is 147 Å². The lowest BCUT2D eigenvalue weighted by atomic mass is 10.2. The summed E-state index contributed by atoms with van der Waals surface area (Å²) >= 11 is 0. The Morgan fingerprint density at radius 2 is 2.24 bits per heavy atom. The standard InChI is InChI=1S/C18H22N6O/c1-13-11-24(12-22-13)18-15(25-2)9-14(10-21-18)6-7-16(19)23-17-5-3-4-8-20-17/h6-7,9-12H,3-5,8H2,1-2H3,(H2,19,20,23)/b7-6+. The zero-order chi connectivity index (χ0) is 17.6. The van der Waals surface area contributed by atoms with Crippen molar-refractivity contribution >= 4 is 17.7 Å². The number of methoxy groups -OCH3 is 1. The van der Waals surface area contributed by atoms with Crippen molar-refractivity contribution in [3.63, 3.8) is 0 Å². The Balaban J connectivity index is 1.78. The molecule has 0 bridgehead atoms. The maximum atomic E-state index is 5.96. The molecule has 1 aliphatic rings. The van der Waals surface area contributed by atoms with Gasteiger partial charge in [0.25, 0.3) is 0 Å². The topological polar surface area (TPSA) is 90.7 Å². The van der Waals surface area contributed by atoms with Gasteiger partial charge in [0.05, 0.1) is 12.8 Å². The predicted octanol–water partition coefficient (Wildman–Crippen LogP) is 2.54. The van der Waals surface area contributed by atoms with Crippen LogP contribution in [0.1, 0.15) is 30.5 Å². The highest BCUT2D eigenvalue weighted by molar-refractivity contribution is 6.03. The van der Waals surface area contributed by atoms with Gasteiger partial charge in [-0.2, -0.15) is 0 Å². The van der Waals surface area contributed by atoms with Crippen LogP contribution < -0.4 is 10.5 Å². The molecule has 0 saturated heterocycles. The Kier molecular flexibility index (Phi) is 5.23. The maximum Gasteiger partial charge on any atom is 0.180 e. The molecule has 130 valence electrons. The van der Waals surface area contributed by atoms with Crippen molar-refractivity contribution in [1.82, 2.24) is 14.5 Å². The largest absolute Gasteiger partial charge is 0.493 e. The van der Waals surface area contributed by atoms with E-state index in [1.54, 1.807) is 25.7 Å². The average Bonchev–Trinajstić information content (AvgIpc) is 3.06. The first-order chi connectivity index (χ1) is 12.2. The van der Waals surface area contributed by atoms with Crippen LogP contribution >= 0.6 is 0 Å². The average molecular weight is 338 g/mol. The molecule has 7 nitrogen and oxygen atoms in total. The lowest BCUT2D eigenvalue weighted by Crippen LogP contribution is -2.13. The summed E-state index contributed by atoms with van der Waals surface area (Å²) < 4.78 is 7.28. The number of imidazole rings is 1. The second-order valence-electron chi connectivity index (χ2n) is 5.84. The minimum atomic E-state index is 0.439. The van der Waals surface area contributed by atoms with Crippen molar-refractivity contribution < 1.29 is 4.74 Å². The van der Waals surface area contributed by atoms with Gasteiger partial charge in [-0.1, -0.05) is 0 Å². The number of aliphatic imine (C=N–C) groups is 2. The smallest absolute Gasteiger partial charge is 0.180 e. The monoisotopic (exact) mass is 338 g/mol. The van der Waals surface area contributed by atoms with E-state index in [0.29, 0.717) is 17.4 Å². The van der Waals surface area contributed by atoms with E-state index in [-0.39, 0.29) is 0 Å². The van der Waals surface area contributed by atoms with Crippen molar-refractivity contribution in [2.24, 2.45) is 15.7 Å². The van der Waals surface area contributed by atoms with Gasteiger partial charge in [-0.3, -0.25) is 9.56 Å². The molecule has 0 radical (unpaired) electrons. The molecule has 3 rings (SSSR count). The van der Waals surface area contributed by atoms with Crippen LogP contribution in [0.3, 0.4) is 0 Å². The van der Waals surface area contributed by atoms with Gasteiger partial charge in [0.2, 0.25) is 0 Å². The summed E-state index contributed by atoms with van der Waals surface area (Å²) in [5, 5.41) is 0. The summed E-state index contributed by atoms with van der Waals surface area (Å²) in [6.45, 7) is 2.77. The van der Waals surface area contributed by atoms with Crippen LogP contribution in [-0.2, 0) is 0 Å². The third kappa shape index (κ3) is 4.32. The minimum Gasteiger partial charge on any atom is -0.493 e. The molecule has 0 atom stereocenters. The first kappa shape index (κ1) is 16.9. The number of nitrogens with two attached hydrogens (primary N) is 1. The number of hydrogen-bond acceptors (Lipinski definition) is 5. The molecule has 0 aliphatic carbocycles. The van der Waals surface area contributed by atoms with Crippen molar-refractivity contribution in [2.75, 3.05) is 13.7 Å². The summed E-state index contributed by atoms with van der Waals surface area (Å²) in [6, 6.07) is 1.90. The number of amidine groups is 2. The molecular formula is C18H22N6O. The lowest BCUT2D eigenvalue weighted by Gasteiger charge is -2.09. The number of hydrogen-bond donors (Lipinski definition) is 1. The van der Waals surface area contributed by atoms with E-state index < -0.39 is 0 Å². The van der Waals surface area contributed by atoms with Crippen LogP contribution in [0.15, 0.2) is 40.8 Å². The Morgan fingerprint density at radius 1 is 1.36 bits per heavy atom. The zero-order valence-corrected chi connectivity index (χ0v) is 14.5. The number of rotatable bonds is 4. The van der Waals surface area contributed by atoms with Gasteiger partial charge in [0.15, 0.2) is 11.6 Å². The fraction of sp³-hybridized carbons (Fsp3) is 0.333. The van der Waals surface area contributed by atoms with Crippen molar-refractivity contribution in [3.05, 3.63) is 42.1 Å². The van der Waals surface area contributed by atoms with Crippen LogP contribution in [0, 0.1) is 6.92 Å². The van der Waals surface area contributed by atoms with E-state index >= 15 is 0 Å². The molecule has 2 aromatic rings. The van der Waals surface area contributed by atoms with E-state index in [1.165, 1.54) is 0 Å². The minimum absolute atomic E-state index is 0.439. The number of aromatic nitrogens is 3. The lowest BCUT2D eigenvalue weighted by molar-refractivity contribution is 0.410. The summed E-state index contributed by atoms with van der Waals surface area (Å²) in [5.74, 6) is 2.62. The van der Waals surface area contributed by atoms with Crippen LogP contribution in [0.4, 0.5) is 0 Å². The predicted molar refractivity (Wildman–Crippen MR) is 99.5 cm³/mol. The van der Waals surface area contributed by atoms with Crippen molar-refractivity contribution in [1.29, 1.82) is 0 Å². The summed E-state index contributed by atoms with van der Waals surface area (Å²) in [6.07, 6.45) is 12.1. The van der Waals surface area contributed by atoms with Gasteiger partial charge in [-0.05, 0) is 43.5 Å². The van der Waals surface area contributed by atoms with Crippen molar-refractivity contribution in [2.45, 2.75) is 26.2 Å². The number of ether oxygens (including phenoxy) is 1. The van der Waals surface area contributed by atoms with Crippen LogP contribution in [0.5, 0.6) is 5.75 Å². The third-order valence-electron chi connectivity index (χ3n) is 3.84. The maximum absolute atomic E-state index is 5.96. The molecule has 0 spiro atoms. The second-order valence-corrected chi connectivity index (χ2v) is 5.84.